The predicted molar refractivity (Wildman–Crippen MR) is 86.5 cm³/mol. The number of halogens is 1. The van der Waals surface area contributed by atoms with Gasteiger partial charge in [-0.25, -0.2) is 0 Å². The molecule has 3 aliphatic rings. The second-order valence-corrected chi connectivity index (χ2v) is 6.85. The number of aryl methyl sites for hydroxylation is 2. The molecule has 2 unspecified atom stereocenters. The molecule has 1 N–H and O–H groups in total. The molecule has 21 heavy (non-hydrogen) atoms. The van der Waals surface area contributed by atoms with Gasteiger partial charge in [0, 0.05) is 51.7 Å². The maximum absolute atomic E-state index is 10.7. The normalized spacial score (nSPS) is 29.8. The molecule has 4 rings (SSSR count). The number of hydrogen-bond acceptors (Lipinski definition) is 4. The molecule has 6 heteroatoms. The van der Waals surface area contributed by atoms with Crippen molar-refractivity contribution in [2.45, 2.75) is 45.4 Å². The van der Waals surface area contributed by atoms with Gasteiger partial charge in [-0.1, -0.05) is 6.92 Å². The van der Waals surface area contributed by atoms with Gasteiger partial charge in [0.05, 0.1) is 22.0 Å². The summed E-state index contributed by atoms with van der Waals surface area (Å²) >= 11 is 3.68. The summed E-state index contributed by atoms with van der Waals surface area (Å²) in [5.41, 5.74) is 2.23. The summed E-state index contributed by atoms with van der Waals surface area (Å²) in [5.74, 6) is 0. The summed E-state index contributed by atoms with van der Waals surface area (Å²) in [6, 6.07) is 0.268. The van der Waals surface area contributed by atoms with Crippen LogP contribution >= 0.6 is 15.9 Å². The standard InChI is InChI=1S/C15H25BrN4O/c1-3-11-15(16)12(20(4-2)17-11)9-14(21)13-10-18-5-7-19(13)8-6-18/h13-14,21H,3-10H2,1-2H3. The van der Waals surface area contributed by atoms with Gasteiger partial charge >= 0.3 is 0 Å². The molecule has 1 aromatic heterocycles. The Morgan fingerprint density at radius 1 is 1.29 bits per heavy atom. The van der Waals surface area contributed by atoms with E-state index >= 15 is 0 Å². The summed E-state index contributed by atoms with van der Waals surface area (Å²) in [6.07, 6.45) is 1.27. The molecular weight excluding hydrogens is 332 g/mol. The molecule has 2 bridgehead atoms. The fraction of sp³-hybridized carbons (Fsp3) is 0.800. The molecule has 4 heterocycles. The molecule has 0 aromatic carbocycles. The van der Waals surface area contributed by atoms with Gasteiger partial charge in [0.25, 0.3) is 0 Å². The summed E-state index contributed by atoms with van der Waals surface area (Å²) in [6.45, 7) is 10.6. The van der Waals surface area contributed by atoms with Crippen LogP contribution in [0.3, 0.4) is 0 Å². The Hall–Kier alpha value is -0.430. The van der Waals surface area contributed by atoms with Gasteiger partial charge in [-0.3, -0.25) is 14.5 Å². The summed E-state index contributed by atoms with van der Waals surface area (Å²) in [5, 5.41) is 15.4. The van der Waals surface area contributed by atoms with E-state index in [0.29, 0.717) is 6.42 Å². The average molecular weight is 357 g/mol. The first-order chi connectivity index (χ1) is 10.1. The molecule has 118 valence electrons. The van der Waals surface area contributed by atoms with Crippen LogP contribution < -0.4 is 0 Å². The highest BCUT2D eigenvalue weighted by Gasteiger charge is 2.36. The number of aromatic nitrogens is 2. The Balaban J connectivity index is 1.75. The third-order valence-electron chi connectivity index (χ3n) is 4.86. The number of piperazine rings is 3. The Labute approximate surface area is 135 Å². The molecule has 5 nitrogen and oxygen atoms in total. The Bertz CT molecular complexity index is 496. The fourth-order valence-electron chi connectivity index (χ4n) is 3.57. The molecular formula is C15H25BrN4O. The van der Waals surface area contributed by atoms with E-state index in [1.165, 1.54) is 0 Å². The van der Waals surface area contributed by atoms with Gasteiger partial charge < -0.3 is 5.11 Å². The topological polar surface area (TPSA) is 44.5 Å². The lowest BCUT2D eigenvalue weighted by atomic mass is 9.98. The third-order valence-corrected chi connectivity index (χ3v) is 5.78. The summed E-state index contributed by atoms with van der Waals surface area (Å²) in [7, 11) is 0. The number of aliphatic hydroxyl groups excluding tert-OH is 1. The lowest BCUT2D eigenvalue weighted by molar-refractivity contribution is -0.0458. The number of nitrogens with zero attached hydrogens (tertiary/aromatic N) is 4. The van der Waals surface area contributed by atoms with Crippen molar-refractivity contribution < 1.29 is 5.11 Å². The minimum atomic E-state index is -0.323. The van der Waals surface area contributed by atoms with E-state index in [1.54, 1.807) is 0 Å². The van der Waals surface area contributed by atoms with Crippen LogP contribution in [0, 0.1) is 0 Å². The summed E-state index contributed by atoms with van der Waals surface area (Å²) in [4.78, 5) is 4.92. The van der Waals surface area contributed by atoms with Gasteiger partial charge in [-0.2, -0.15) is 5.10 Å². The molecule has 1 aromatic rings. The van der Waals surface area contributed by atoms with Gasteiger partial charge in [-0.15, -0.1) is 0 Å². The van der Waals surface area contributed by atoms with Gasteiger partial charge in [0.2, 0.25) is 0 Å². The maximum atomic E-state index is 10.7. The Kier molecular flexibility index (Phi) is 4.69. The highest BCUT2D eigenvalue weighted by Crippen LogP contribution is 2.26. The monoisotopic (exact) mass is 356 g/mol. The zero-order valence-corrected chi connectivity index (χ0v) is 14.5. The number of aliphatic hydroxyl groups is 1. The molecule has 0 aliphatic carbocycles. The van der Waals surface area contributed by atoms with Crippen LogP contribution in [0.1, 0.15) is 25.2 Å². The molecule has 3 saturated heterocycles. The molecule has 3 aliphatic heterocycles. The first-order valence-electron chi connectivity index (χ1n) is 8.02. The van der Waals surface area contributed by atoms with Gasteiger partial charge in [-0.05, 0) is 29.3 Å². The van der Waals surface area contributed by atoms with Crippen LogP contribution in [0.2, 0.25) is 0 Å². The molecule has 0 amide bonds. The maximum Gasteiger partial charge on any atom is 0.0766 e. The van der Waals surface area contributed by atoms with Crippen molar-refractivity contribution in [3.05, 3.63) is 15.9 Å². The Morgan fingerprint density at radius 2 is 2.00 bits per heavy atom. The molecule has 3 fully saturated rings. The SMILES string of the molecule is CCc1nn(CC)c(CC(O)C2CN3CCN2CC3)c1Br. The fourth-order valence-corrected chi connectivity index (χ4v) is 4.30. The van der Waals surface area contributed by atoms with Crippen molar-refractivity contribution in [1.29, 1.82) is 0 Å². The minimum absolute atomic E-state index is 0.268. The van der Waals surface area contributed by atoms with Crippen LogP contribution in [-0.4, -0.2) is 69.6 Å². The predicted octanol–water partition coefficient (Wildman–Crippen LogP) is 1.13. The minimum Gasteiger partial charge on any atom is -0.391 e. The van der Waals surface area contributed by atoms with Crippen LogP contribution in [-0.2, 0) is 19.4 Å². The van der Waals surface area contributed by atoms with Crippen LogP contribution in [0.15, 0.2) is 4.47 Å². The van der Waals surface area contributed by atoms with E-state index in [4.69, 9.17) is 0 Å². The zero-order chi connectivity index (χ0) is 15.0. The molecule has 0 spiro atoms. The largest absolute Gasteiger partial charge is 0.391 e. The van der Waals surface area contributed by atoms with E-state index in [1.807, 2.05) is 4.68 Å². The number of rotatable bonds is 5. The van der Waals surface area contributed by atoms with Crippen molar-refractivity contribution in [2.24, 2.45) is 0 Å². The zero-order valence-electron chi connectivity index (χ0n) is 12.9. The second kappa shape index (κ2) is 6.36. The molecule has 0 radical (unpaired) electrons. The van der Waals surface area contributed by atoms with Crippen molar-refractivity contribution in [1.82, 2.24) is 19.6 Å². The van der Waals surface area contributed by atoms with E-state index in [0.717, 1.165) is 61.5 Å². The number of fused-ring (bicyclic) bond motifs is 3. The first-order valence-corrected chi connectivity index (χ1v) is 8.81. The summed E-state index contributed by atoms with van der Waals surface area (Å²) < 4.78 is 3.12. The first kappa shape index (κ1) is 15.5. The lowest BCUT2D eigenvalue weighted by Crippen LogP contribution is -2.64. The second-order valence-electron chi connectivity index (χ2n) is 6.05. The van der Waals surface area contributed by atoms with Crippen molar-refractivity contribution in [2.75, 3.05) is 32.7 Å². The van der Waals surface area contributed by atoms with Crippen molar-refractivity contribution in [3.63, 3.8) is 0 Å². The van der Waals surface area contributed by atoms with E-state index in [2.05, 4.69) is 44.7 Å². The van der Waals surface area contributed by atoms with E-state index in [-0.39, 0.29) is 12.1 Å². The smallest absolute Gasteiger partial charge is 0.0766 e. The lowest BCUT2D eigenvalue weighted by Gasteiger charge is -2.49. The van der Waals surface area contributed by atoms with E-state index < -0.39 is 0 Å². The van der Waals surface area contributed by atoms with Crippen LogP contribution in [0.25, 0.3) is 0 Å². The van der Waals surface area contributed by atoms with Crippen molar-refractivity contribution in [3.8, 4) is 0 Å². The van der Waals surface area contributed by atoms with Crippen LogP contribution in [0.5, 0.6) is 0 Å². The van der Waals surface area contributed by atoms with E-state index in [9.17, 15) is 5.11 Å². The molecule has 2 atom stereocenters. The third kappa shape index (κ3) is 2.91. The average Bonchev–Trinajstić information content (AvgIpc) is 2.84. The number of hydrogen-bond donors (Lipinski definition) is 1. The highest BCUT2D eigenvalue weighted by molar-refractivity contribution is 9.10. The quantitative estimate of drug-likeness (QED) is 0.858. The Morgan fingerprint density at radius 3 is 2.52 bits per heavy atom. The van der Waals surface area contributed by atoms with Gasteiger partial charge in [0.1, 0.15) is 0 Å². The molecule has 0 saturated carbocycles. The van der Waals surface area contributed by atoms with Crippen molar-refractivity contribution >= 4 is 15.9 Å². The van der Waals surface area contributed by atoms with Crippen LogP contribution in [0.4, 0.5) is 0 Å². The highest BCUT2D eigenvalue weighted by atomic mass is 79.9. The van der Waals surface area contributed by atoms with Gasteiger partial charge in [0.15, 0.2) is 0 Å².